The number of rotatable bonds is 20. The van der Waals surface area contributed by atoms with Gasteiger partial charge in [-0.05, 0) is 41.2 Å². The fourth-order valence-electron chi connectivity index (χ4n) is 6.27. The molecule has 0 aliphatic carbocycles. The summed E-state index contributed by atoms with van der Waals surface area (Å²) in [5.74, 6) is -1.67. The van der Waals surface area contributed by atoms with E-state index in [0.717, 1.165) is 28.3 Å². The van der Waals surface area contributed by atoms with Crippen molar-refractivity contribution in [2.75, 3.05) is 6.61 Å². The summed E-state index contributed by atoms with van der Waals surface area (Å²) in [7, 11) is 0. The maximum absolute atomic E-state index is 14.1. The normalized spacial score (nSPS) is 15.1. The smallest absolute Gasteiger partial charge is 0.408 e. The SMILES string of the molecule is CCC[C@H](NC(=O)[C@H](Cc1c[nH]cn1)NC(=O)[C@H](Cc1ccc2ccccc2c1)NC(=O)OCc1ccccc1)[C@@](C)(O)CC(=O)N[C@H](CO)[C@@H](C)CC. The molecule has 13 nitrogen and oxygen atoms in total. The molecule has 4 amide bonds. The Balaban J connectivity index is 1.54. The number of hydrogen-bond donors (Lipinski definition) is 7. The monoisotopic (exact) mass is 742 g/mol. The standard InChI is InChI=1S/C41H54N6O7/c1-5-12-36(41(4,53)22-37(49)44-35(24-48)27(3)6-2)47-39(51)34(21-32-23-42-26-43-32)45-38(50)33(46-40(52)54-25-28-13-8-7-9-14-28)20-29-17-18-30-15-10-11-16-31(30)19-29/h7-11,13-19,23,26-27,33-36,48,53H,5-6,12,20-22,24-25H2,1-4H3,(H,42,43)(H,44,49)(H,45,50)(H,46,52)(H,47,51)/t27-,33-,34-,35+,36-,41-/m0/s1. The summed E-state index contributed by atoms with van der Waals surface area (Å²) in [5, 5.41) is 34.6. The zero-order valence-corrected chi connectivity index (χ0v) is 31.5. The molecule has 3 aromatic carbocycles. The molecule has 290 valence electrons. The fraction of sp³-hybridized carbons (Fsp3) is 0.439. The minimum atomic E-state index is -1.67. The molecule has 0 unspecified atom stereocenters. The van der Waals surface area contributed by atoms with Crippen LogP contribution in [0.3, 0.4) is 0 Å². The van der Waals surface area contributed by atoms with Crippen LogP contribution >= 0.6 is 0 Å². The summed E-state index contributed by atoms with van der Waals surface area (Å²) >= 11 is 0. The van der Waals surface area contributed by atoms with Crippen LogP contribution in [0.15, 0.2) is 85.3 Å². The average Bonchev–Trinajstić information content (AvgIpc) is 3.68. The first-order chi connectivity index (χ1) is 25.9. The Hall–Kier alpha value is -5.27. The number of aromatic nitrogens is 2. The van der Waals surface area contributed by atoms with Gasteiger partial charge in [-0.25, -0.2) is 9.78 Å². The first kappa shape index (κ1) is 41.5. The average molecular weight is 743 g/mol. The lowest BCUT2D eigenvalue weighted by molar-refractivity contribution is -0.134. The number of nitrogens with zero attached hydrogens (tertiary/aromatic N) is 1. The van der Waals surface area contributed by atoms with Crippen molar-refractivity contribution in [1.29, 1.82) is 0 Å². The van der Waals surface area contributed by atoms with Gasteiger partial charge < -0.3 is 41.2 Å². The van der Waals surface area contributed by atoms with Crippen molar-refractivity contribution < 1.29 is 34.1 Å². The van der Waals surface area contributed by atoms with Crippen LogP contribution in [0.5, 0.6) is 0 Å². The van der Waals surface area contributed by atoms with Crippen LogP contribution in [-0.4, -0.2) is 80.4 Å². The molecule has 0 saturated carbocycles. The molecular weight excluding hydrogens is 688 g/mol. The maximum atomic E-state index is 14.1. The summed E-state index contributed by atoms with van der Waals surface area (Å²) in [6, 6.07) is 19.1. The predicted molar refractivity (Wildman–Crippen MR) is 206 cm³/mol. The van der Waals surface area contributed by atoms with E-state index in [0.29, 0.717) is 18.5 Å². The molecule has 0 aliphatic heterocycles. The fourth-order valence-corrected chi connectivity index (χ4v) is 6.27. The van der Waals surface area contributed by atoms with Gasteiger partial charge >= 0.3 is 6.09 Å². The van der Waals surface area contributed by atoms with Gasteiger partial charge in [0.2, 0.25) is 17.7 Å². The lowest BCUT2D eigenvalue weighted by Gasteiger charge is -2.35. The highest BCUT2D eigenvalue weighted by molar-refractivity contribution is 5.92. The third-order valence-corrected chi connectivity index (χ3v) is 9.71. The lowest BCUT2D eigenvalue weighted by Crippen LogP contribution is -2.59. The first-order valence-corrected chi connectivity index (χ1v) is 18.6. The minimum Gasteiger partial charge on any atom is -0.445 e. The molecule has 54 heavy (non-hydrogen) atoms. The van der Waals surface area contributed by atoms with Gasteiger partial charge in [-0.15, -0.1) is 0 Å². The van der Waals surface area contributed by atoms with E-state index < -0.39 is 53.6 Å². The molecule has 0 bridgehead atoms. The zero-order valence-electron chi connectivity index (χ0n) is 31.5. The molecular formula is C41H54N6O7. The molecule has 1 aromatic heterocycles. The van der Waals surface area contributed by atoms with Gasteiger partial charge in [0.05, 0.1) is 42.7 Å². The summed E-state index contributed by atoms with van der Waals surface area (Å²) in [6.45, 7) is 7.01. The van der Waals surface area contributed by atoms with E-state index in [4.69, 9.17) is 4.74 Å². The quantitative estimate of drug-likeness (QED) is 0.0704. The Bertz CT molecular complexity index is 1800. The molecule has 7 N–H and O–H groups in total. The largest absolute Gasteiger partial charge is 0.445 e. The van der Waals surface area contributed by atoms with Crippen molar-refractivity contribution in [3.63, 3.8) is 0 Å². The second kappa shape index (κ2) is 20.3. The van der Waals surface area contributed by atoms with Crippen molar-refractivity contribution in [2.24, 2.45) is 5.92 Å². The number of carbonyl (C=O) groups excluding carboxylic acids is 4. The van der Waals surface area contributed by atoms with E-state index in [2.05, 4.69) is 31.2 Å². The molecule has 0 spiro atoms. The second-order valence-electron chi connectivity index (χ2n) is 14.1. The van der Waals surface area contributed by atoms with E-state index in [9.17, 15) is 29.4 Å². The number of fused-ring (bicyclic) bond motifs is 1. The van der Waals surface area contributed by atoms with Gasteiger partial charge in [0.15, 0.2) is 0 Å². The maximum Gasteiger partial charge on any atom is 0.408 e. The predicted octanol–water partition coefficient (Wildman–Crippen LogP) is 4.08. The molecule has 13 heteroatoms. The van der Waals surface area contributed by atoms with E-state index in [-0.39, 0.29) is 38.4 Å². The topological polar surface area (TPSA) is 195 Å². The number of alkyl carbamates (subject to hydrolysis) is 1. The van der Waals surface area contributed by atoms with Gasteiger partial charge in [0.25, 0.3) is 0 Å². The summed E-state index contributed by atoms with van der Waals surface area (Å²) < 4.78 is 5.46. The number of aromatic amines is 1. The molecule has 1 heterocycles. The number of benzene rings is 3. The Labute approximate surface area is 316 Å². The number of ether oxygens (including phenoxy) is 1. The third-order valence-electron chi connectivity index (χ3n) is 9.71. The van der Waals surface area contributed by atoms with Crippen molar-refractivity contribution >= 4 is 34.6 Å². The minimum absolute atomic E-state index is 0.00319. The van der Waals surface area contributed by atoms with Gasteiger partial charge in [-0.2, -0.15) is 0 Å². The highest BCUT2D eigenvalue weighted by Crippen LogP contribution is 2.21. The van der Waals surface area contributed by atoms with Crippen LogP contribution in [0, 0.1) is 5.92 Å². The number of aliphatic hydroxyl groups excluding tert-OH is 1. The molecule has 0 aliphatic rings. The molecule has 0 fully saturated rings. The molecule has 6 atom stereocenters. The van der Waals surface area contributed by atoms with Crippen molar-refractivity contribution in [3.8, 4) is 0 Å². The van der Waals surface area contributed by atoms with Crippen LogP contribution in [0.25, 0.3) is 10.8 Å². The highest BCUT2D eigenvalue weighted by Gasteiger charge is 2.37. The number of aliphatic hydroxyl groups is 2. The Morgan fingerprint density at radius 2 is 1.54 bits per heavy atom. The lowest BCUT2D eigenvalue weighted by atomic mass is 9.88. The number of H-pyrrole nitrogens is 1. The van der Waals surface area contributed by atoms with Crippen molar-refractivity contribution in [3.05, 3.63) is 102 Å². The number of hydrogen-bond acceptors (Lipinski definition) is 8. The Morgan fingerprint density at radius 1 is 0.852 bits per heavy atom. The van der Waals surface area contributed by atoms with Gasteiger partial charge in [0.1, 0.15) is 18.7 Å². The van der Waals surface area contributed by atoms with Gasteiger partial charge in [0, 0.05) is 19.0 Å². The number of amides is 4. The van der Waals surface area contributed by atoms with E-state index in [1.54, 1.807) is 6.20 Å². The number of nitrogens with one attached hydrogen (secondary N) is 5. The van der Waals surface area contributed by atoms with Crippen LogP contribution in [0.4, 0.5) is 4.79 Å². The highest BCUT2D eigenvalue weighted by atomic mass is 16.5. The Kier molecular flexibility index (Phi) is 15.6. The van der Waals surface area contributed by atoms with E-state index in [1.807, 2.05) is 93.6 Å². The van der Waals surface area contributed by atoms with Crippen LogP contribution < -0.4 is 21.3 Å². The first-order valence-electron chi connectivity index (χ1n) is 18.6. The summed E-state index contributed by atoms with van der Waals surface area (Å²) in [6.07, 6.45) is 3.69. The van der Waals surface area contributed by atoms with Crippen LogP contribution in [-0.2, 0) is 38.6 Å². The number of imidazole rings is 1. The zero-order chi connectivity index (χ0) is 39.1. The van der Waals surface area contributed by atoms with E-state index >= 15 is 0 Å². The van der Waals surface area contributed by atoms with Gasteiger partial charge in [-0.3, -0.25) is 14.4 Å². The number of carbonyl (C=O) groups is 4. The van der Waals surface area contributed by atoms with Crippen molar-refractivity contribution in [1.82, 2.24) is 31.2 Å². The van der Waals surface area contributed by atoms with Crippen LogP contribution in [0.1, 0.15) is 70.2 Å². The molecule has 4 rings (SSSR count). The van der Waals surface area contributed by atoms with Crippen LogP contribution in [0.2, 0.25) is 0 Å². The Morgan fingerprint density at radius 3 is 2.20 bits per heavy atom. The second-order valence-corrected chi connectivity index (χ2v) is 14.1. The summed E-state index contributed by atoms with van der Waals surface area (Å²) in [5.41, 5.74) is 0.377. The molecule has 4 aromatic rings. The van der Waals surface area contributed by atoms with Gasteiger partial charge in [-0.1, -0.05) is 106 Å². The summed E-state index contributed by atoms with van der Waals surface area (Å²) in [4.78, 5) is 61.4. The molecule has 0 radical (unpaired) electrons. The molecule has 0 saturated heterocycles. The van der Waals surface area contributed by atoms with E-state index in [1.165, 1.54) is 13.3 Å². The van der Waals surface area contributed by atoms with Crippen molar-refractivity contribution in [2.45, 2.75) is 103 Å². The third kappa shape index (κ3) is 12.4.